The molecule has 0 spiro atoms. The van der Waals surface area contributed by atoms with E-state index in [2.05, 4.69) is 37.7 Å². The van der Waals surface area contributed by atoms with Gasteiger partial charge in [0, 0.05) is 12.7 Å². The Labute approximate surface area is 87.8 Å². The van der Waals surface area contributed by atoms with E-state index < -0.39 is 0 Å². The van der Waals surface area contributed by atoms with Gasteiger partial charge in [-0.3, -0.25) is 4.99 Å². The van der Waals surface area contributed by atoms with Crippen molar-refractivity contribution in [3.8, 4) is 0 Å². The van der Waals surface area contributed by atoms with Gasteiger partial charge < -0.3 is 5.32 Å². The van der Waals surface area contributed by atoms with Crippen molar-refractivity contribution < 1.29 is 0 Å². The SMILES string of the molecule is C=C(CCCC)NC(C=C(C)C)=NC. The molecule has 0 aliphatic carbocycles. The van der Waals surface area contributed by atoms with E-state index >= 15 is 0 Å². The predicted octanol–water partition coefficient (Wildman–Crippen LogP) is 3.27. The van der Waals surface area contributed by atoms with Crippen LogP contribution in [0.25, 0.3) is 0 Å². The third-order valence-corrected chi connectivity index (χ3v) is 1.80. The van der Waals surface area contributed by atoms with E-state index in [1.54, 1.807) is 7.05 Å². The van der Waals surface area contributed by atoms with Crippen LogP contribution in [-0.2, 0) is 0 Å². The molecule has 0 aromatic carbocycles. The van der Waals surface area contributed by atoms with Gasteiger partial charge in [-0.25, -0.2) is 0 Å². The lowest BCUT2D eigenvalue weighted by Crippen LogP contribution is -2.20. The van der Waals surface area contributed by atoms with E-state index in [9.17, 15) is 0 Å². The van der Waals surface area contributed by atoms with E-state index in [1.165, 1.54) is 18.4 Å². The maximum atomic E-state index is 4.14. The largest absolute Gasteiger partial charge is 0.345 e. The normalized spacial score (nSPS) is 11.0. The molecule has 0 saturated carbocycles. The van der Waals surface area contributed by atoms with Crippen LogP contribution in [0.5, 0.6) is 0 Å². The standard InChI is InChI=1S/C12H22N2/c1-6-7-8-11(4)14-12(13-5)9-10(2)3/h9H,4,6-8H2,1-3,5H3,(H,13,14). The summed E-state index contributed by atoms with van der Waals surface area (Å²) in [5, 5.41) is 3.21. The zero-order valence-electron chi connectivity index (χ0n) is 9.85. The topological polar surface area (TPSA) is 24.4 Å². The molecule has 0 radical (unpaired) electrons. The van der Waals surface area contributed by atoms with Gasteiger partial charge in [-0.1, -0.05) is 25.5 Å². The quantitative estimate of drug-likeness (QED) is 0.527. The van der Waals surface area contributed by atoms with Crippen LogP contribution in [-0.4, -0.2) is 12.9 Å². The van der Waals surface area contributed by atoms with Crippen LogP contribution in [0, 0.1) is 0 Å². The van der Waals surface area contributed by atoms with E-state index in [-0.39, 0.29) is 0 Å². The first-order valence-corrected chi connectivity index (χ1v) is 5.16. The predicted molar refractivity (Wildman–Crippen MR) is 64.6 cm³/mol. The second-order valence-electron chi connectivity index (χ2n) is 3.66. The number of amidine groups is 1. The van der Waals surface area contributed by atoms with E-state index in [0.717, 1.165) is 18.0 Å². The second-order valence-corrected chi connectivity index (χ2v) is 3.66. The maximum Gasteiger partial charge on any atom is 0.124 e. The van der Waals surface area contributed by atoms with Crippen LogP contribution in [0.2, 0.25) is 0 Å². The molecule has 0 bridgehead atoms. The Morgan fingerprint density at radius 2 is 2.07 bits per heavy atom. The lowest BCUT2D eigenvalue weighted by Gasteiger charge is -2.08. The third-order valence-electron chi connectivity index (χ3n) is 1.80. The summed E-state index contributed by atoms with van der Waals surface area (Å²) in [6, 6.07) is 0. The Hall–Kier alpha value is -1.05. The highest BCUT2D eigenvalue weighted by molar-refractivity contribution is 5.94. The zero-order valence-corrected chi connectivity index (χ0v) is 9.85. The van der Waals surface area contributed by atoms with Crippen LogP contribution in [0.4, 0.5) is 0 Å². The summed E-state index contributed by atoms with van der Waals surface area (Å²) >= 11 is 0. The summed E-state index contributed by atoms with van der Waals surface area (Å²) in [6.07, 6.45) is 5.42. The number of nitrogens with one attached hydrogen (secondary N) is 1. The number of nitrogens with zero attached hydrogens (tertiary/aromatic N) is 1. The van der Waals surface area contributed by atoms with Crippen molar-refractivity contribution in [1.82, 2.24) is 5.32 Å². The Bertz CT molecular complexity index is 233. The van der Waals surface area contributed by atoms with Crippen molar-refractivity contribution in [3.05, 3.63) is 23.9 Å². The first-order chi connectivity index (χ1) is 6.60. The van der Waals surface area contributed by atoms with Gasteiger partial charge in [0.25, 0.3) is 0 Å². The minimum Gasteiger partial charge on any atom is -0.345 e. The number of rotatable bonds is 5. The highest BCUT2D eigenvalue weighted by Crippen LogP contribution is 2.02. The van der Waals surface area contributed by atoms with Crippen molar-refractivity contribution in [3.63, 3.8) is 0 Å². The molecule has 0 fully saturated rings. The lowest BCUT2D eigenvalue weighted by atomic mass is 10.2. The monoisotopic (exact) mass is 194 g/mol. The van der Waals surface area contributed by atoms with Crippen LogP contribution < -0.4 is 5.32 Å². The van der Waals surface area contributed by atoms with Crippen molar-refractivity contribution >= 4 is 5.84 Å². The van der Waals surface area contributed by atoms with Crippen LogP contribution >= 0.6 is 0 Å². The minimum absolute atomic E-state index is 0.895. The molecule has 80 valence electrons. The Balaban J connectivity index is 4.08. The van der Waals surface area contributed by atoms with Gasteiger partial charge in [-0.15, -0.1) is 0 Å². The molecule has 0 aromatic heterocycles. The highest BCUT2D eigenvalue weighted by Gasteiger charge is 1.96. The zero-order chi connectivity index (χ0) is 11.0. The van der Waals surface area contributed by atoms with E-state index in [0.29, 0.717) is 0 Å². The van der Waals surface area contributed by atoms with Crippen LogP contribution in [0.3, 0.4) is 0 Å². The van der Waals surface area contributed by atoms with Gasteiger partial charge in [-0.05, 0) is 32.8 Å². The fraction of sp³-hybridized carbons (Fsp3) is 0.583. The average Bonchev–Trinajstić information content (AvgIpc) is 2.12. The molecule has 0 amide bonds. The second kappa shape index (κ2) is 7.36. The molecule has 0 atom stereocenters. The molecule has 0 aliphatic heterocycles. The molecule has 0 aliphatic rings. The summed E-state index contributed by atoms with van der Waals surface area (Å²) in [4.78, 5) is 4.14. The molecule has 0 rings (SSSR count). The van der Waals surface area contributed by atoms with Gasteiger partial charge in [0.1, 0.15) is 5.84 Å². The molecule has 2 nitrogen and oxygen atoms in total. The van der Waals surface area contributed by atoms with Crippen molar-refractivity contribution in [2.45, 2.75) is 40.0 Å². The van der Waals surface area contributed by atoms with Gasteiger partial charge in [0.15, 0.2) is 0 Å². The third kappa shape index (κ3) is 6.46. The van der Waals surface area contributed by atoms with Crippen molar-refractivity contribution in [2.24, 2.45) is 4.99 Å². The Morgan fingerprint density at radius 3 is 2.50 bits per heavy atom. The highest BCUT2D eigenvalue weighted by atomic mass is 15.0. The van der Waals surface area contributed by atoms with E-state index in [1.807, 2.05) is 6.08 Å². The summed E-state index contributed by atoms with van der Waals surface area (Å²) in [7, 11) is 1.79. The lowest BCUT2D eigenvalue weighted by molar-refractivity contribution is 0.766. The molecule has 14 heavy (non-hydrogen) atoms. The van der Waals surface area contributed by atoms with Gasteiger partial charge in [-0.2, -0.15) is 0 Å². The number of hydrogen-bond acceptors (Lipinski definition) is 1. The number of unbranched alkanes of at least 4 members (excludes halogenated alkanes) is 1. The van der Waals surface area contributed by atoms with Crippen LogP contribution in [0.1, 0.15) is 40.0 Å². The number of hydrogen-bond donors (Lipinski definition) is 1. The molecule has 1 N–H and O–H groups in total. The summed E-state index contributed by atoms with van der Waals surface area (Å²) in [5.41, 5.74) is 2.28. The minimum atomic E-state index is 0.895. The Kier molecular flexibility index (Phi) is 6.81. The van der Waals surface area contributed by atoms with Gasteiger partial charge in [0.2, 0.25) is 0 Å². The smallest absolute Gasteiger partial charge is 0.124 e. The van der Waals surface area contributed by atoms with Crippen LogP contribution in [0.15, 0.2) is 28.9 Å². The first kappa shape index (κ1) is 12.9. The number of allylic oxidation sites excluding steroid dienone is 2. The Morgan fingerprint density at radius 1 is 1.43 bits per heavy atom. The average molecular weight is 194 g/mol. The first-order valence-electron chi connectivity index (χ1n) is 5.16. The molecule has 0 aromatic rings. The molecule has 0 heterocycles. The number of aliphatic imine (C=N–C) groups is 1. The molecule has 0 saturated heterocycles. The molecule has 0 unspecified atom stereocenters. The molecule has 2 heteroatoms. The summed E-state index contributed by atoms with van der Waals surface area (Å²) < 4.78 is 0. The summed E-state index contributed by atoms with van der Waals surface area (Å²) in [6.45, 7) is 10.3. The molecular weight excluding hydrogens is 172 g/mol. The van der Waals surface area contributed by atoms with Gasteiger partial charge in [0.05, 0.1) is 0 Å². The van der Waals surface area contributed by atoms with E-state index in [4.69, 9.17) is 0 Å². The summed E-state index contributed by atoms with van der Waals surface area (Å²) in [5.74, 6) is 0.895. The van der Waals surface area contributed by atoms with Gasteiger partial charge >= 0.3 is 0 Å². The fourth-order valence-corrected chi connectivity index (χ4v) is 1.06. The maximum absolute atomic E-state index is 4.14. The molecular formula is C12H22N2. The van der Waals surface area contributed by atoms with Crippen molar-refractivity contribution in [1.29, 1.82) is 0 Å². The van der Waals surface area contributed by atoms with Crippen molar-refractivity contribution in [2.75, 3.05) is 7.05 Å². The fourth-order valence-electron chi connectivity index (χ4n) is 1.06.